The molecule has 2 amide bonds. The van der Waals surface area contributed by atoms with E-state index >= 15 is 0 Å². The Morgan fingerprint density at radius 1 is 0.967 bits per heavy atom. The zero-order chi connectivity index (χ0) is 22.1. The van der Waals surface area contributed by atoms with Crippen LogP contribution in [0.4, 0.5) is 5.69 Å². The molecule has 2 aromatic rings. The number of carbonyl (C=O) groups is 2. The lowest BCUT2D eigenvalue weighted by Gasteiger charge is -2.19. The molecule has 0 bridgehead atoms. The van der Waals surface area contributed by atoms with Gasteiger partial charge in [0.1, 0.15) is 0 Å². The summed E-state index contributed by atoms with van der Waals surface area (Å²) in [4.78, 5) is 26.9. The van der Waals surface area contributed by atoms with Crippen molar-refractivity contribution in [2.75, 3.05) is 31.6 Å². The number of nitrogens with zero attached hydrogens (tertiary/aromatic N) is 1. The monoisotopic (exact) mass is 432 g/mol. The van der Waals surface area contributed by atoms with Crippen molar-refractivity contribution in [2.24, 2.45) is 0 Å². The molecule has 0 aliphatic carbocycles. The van der Waals surface area contributed by atoms with Gasteiger partial charge in [-0.15, -0.1) is 0 Å². The highest BCUT2D eigenvalue weighted by molar-refractivity contribution is 6.34. The van der Waals surface area contributed by atoms with E-state index in [2.05, 4.69) is 5.32 Å². The first-order valence-corrected chi connectivity index (χ1v) is 10.6. The maximum atomic E-state index is 12.7. The van der Waals surface area contributed by atoms with Crippen LogP contribution in [0.15, 0.2) is 36.4 Å². The van der Waals surface area contributed by atoms with Crippen molar-refractivity contribution in [2.45, 2.75) is 34.1 Å². The second kappa shape index (κ2) is 11.5. The van der Waals surface area contributed by atoms with Gasteiger partial charge in [0.25, 0.3) is 11.8 Å². The van der Waals surface area contributed by atoms with Crippen molar-refractivity contribution >= 4 is 29.1 Å². The van der Waals surface area contributed by atoms with E-state index in [9.17, 15) is 9.59 Å². The third kappa shape index (κ3) is 5.89. The van der Waals surface area contributed by atoms with Crippen molar-refractivity contribution in [1.82, 2.24) is 4.90 Å². The van der Waals surface area contributed by atoms with Gasteiger partial charge in [-0.1, -0.05) is 18.5 Å². The van der Waals surface area contributed by atoms with E-state index in [0.29, 0.717) is 59.6 Å². The van der Waals surface area contributed by atoms with E-state index in [0.717, 1.165) is 6.42 Å². The molecule has 0 spiro atoms. The van der Waals surface area contributed by atoms with Gasteiger partial charge >= 0.3 is 0 Å². The summed E-state index contributed by atoms with van der Waals surface area (Å²) >= 11 is 6.31. The van der Waals surface area contributed by atoms with E-state index < -0.39 is 0 Å². The summed E-state index contributed by atoms with van der Waals surface area (Å²) in [5, 5.41) is 3.10. The van der Waals surface area contributed by atoms with Crippen LogP contribution >= 0.6 is 11.6 Å². The van der Waals surface area contributed by atoms with Crippen LogP contribution in [0.1, 0.15) is 54.8 Å². The first-order valence-electron chi connectivity index (χ1n) is 10.2. The van der Waals surface area contributed by atoms with Gasteiger partial charge in [0, 0.05) is 24.3 Å². The van der Waals surface area contributed by atoms with Gasteiger partial charge in [0.15, 0.2) is 11.5 Å². The van der Waals surface area contributed by atoms with Crippen LogP contribution in [-0.2, 0) is 0 Å². The van der Waals surface area contributed by atoms with Crippen LogP contribution < -0.4 is 14.8 Å². The van der Waals surface area contributed by atoms with Crippen LogP contribution in [-0.4, -0.2) is 43.0 Å². The molecule has 30 heavy (non-hydrogen) atoms. The molecule has 0 saturated heterocycles. The Bertz CT molecular complexity index is 882. The zero-order valence-electron chi connectivity index (χ0n) is 18.0. The quantitative estimate of drug-likeness (QED) is 0.555. The van der Waals surface area contributed by atoms with Crippen LogP contribution in [0.5, 0.6) is 11.5 Å². The molecular weight excluding hydrogens is 404 g/mol. The number of rotatable bonds is 10. The van der Waals surface area contributed by atoms with Crippen molar-refractivity contribution in [3.8, 4) is 11.5 Å². The number of hydrogen-bond donors (Lipinski definition) is 1. The Balaban J connectivity index is 2.18. The van der Waals surface area contributed by atoms with E-state index in [1.807, 2.05) is 27.7 Å². The molecule has 0 radical (unpaired) electrons. The average molecular weight is 433 g/mol. The Labute approximate surface area is 183 Å². The van der Waals surface area contributed by atoms with Crippen molar-refractivity contribution in [3.63, 3.8) is 0 Å². The van der Waals surface area contributed by atoms with Gasteiger partial charge < -0.3 is 19.7 Å². The summed E-state index contributed by atoms with van der Waals surface area (Å²) in [6.07, 6.45) is 0.876. The number of ether oxygens (including phenoxy) is 2. The maximum absolute atomic E-state index is 12.7. The minimum atomic E-state index is -0.308. The Hall–Kier alpha value is -2.73. The number of anilines is 1. The van der Waals surface area contributed by atoms with Crippen molar-refractivity contribution < 1.29 is 19.1 Å². The molecule has 0 fully saturated rings. The van der Waals surface area contributed by atoms with Crippen molar-refractivity contribution in [3.05, 3.63) is 52.5 Å². The SMILES string of the molecule is CCCOc1ccc(C(=O)Nc2ccc(C(=O)N(CC)CC)c(Cl)c2)cc1OCC. The molecule has 7 heteroatoms. The van der Waals surface area contributed by atoms with E-state index in [4.69, 9.17) is 21.1 Å². The summed E-state index contributed by atoms with van der Waals surface area (Å²) in [6.45, 7) is 9.97. The molecule has 0 aliphatic rings. The summed E-state index contributed by atoms with van der Waals surface area (Å²) in [5.41, 5.74) is 1.35. The molecular formula is C23H29ClN2O4. The molecule has 0 unspecified atom stereocenters. The highest BCUT2D eigenvalue weighted by Crippen LogP contribution is 2.29. The van der Waals surface area contributed by atoms with Gasteiger partial charge in [-0.05, 0) is 63.6 Å². The molecule has 0 atom stereocenters. The van der Waals surface area contributed by atoms with E-state index in [1.165, 1.54) is 0 Å². The number of hydrogen-bond acceptors (Lipinski definition) is 4. The topological polar surface area (TPSA) is 67.9 Å². The molecule has 0 aromatic heterocycles. The largest absolute Gasteiger partial charge is 0.490 e. The highest BCUT2D eigenvalue weighted by atomic mass is 35.5. The predicted octanol–water partition coefficient (Wildman–Crippen LogP) is 5.26. The third-order valence-electron chi connectivity index (χ3n) is 4.48. The van der Waals surface area contributed by atoms with Gasteiger partial charge in [-0.3, -0.25) is 9.59 Å². The first-order chi connectivity index (χ1) is 14.4. The smallest absolute Gasteiger partial charge is 0.255 e. The minimum Gasteiger partial charge on any atom is -0.490 e. The Morgan fingerprint density at radius 3 is 2.30 bits per heavy atom. The molecule has 2 rings (SSSR count). The lowest BCUT2D eigenvalue weighted by Crippen LogP contribution is -2.30. The van der Waals surface area contributed by atoms with Crippen LogP contribution in [0, 0.1) is 0 Å². The lowest BCUT2D eigenvalue weighted by atomic mass is 10.1. The summed E-state index contributed by atoms with van der Waals surface area (Å²) in [5.74, 6) is 0.693. The fourth-order valence-corrected chi connectivity index (χ4v) is 3.16. The molecule has 6 nitrogen and oxygen atoms in total. The highest BCUT2D eigenvalue weighted by Gasteiger charge is 2.17. The van der Waals surface area contributed by atoms with Crippen LogP contribution in [0.2, 0.25) is 5.02 Å². The van der Waals surface area contributed by atoms with Gasteiger partial charge in [0.2, 0.25) is 0 Å². The Morgan fingerprint density at radius 2 is 1.70 bits per heavy atom. The van der Waals surface area contributed by atoms with Crippen LogP contribution in [0.3, 0.4) is 0 Å². The fourth-order valence-electron chi connectivity index (χ4n) is 2.90. The van der Waals surface area contributed by atoms with Crippen LogP contribution in [0.25, 0.3) is 0 Å². The molecule has 0 heterocycles. The number of carbonyl (C=O) groups excluding carboxylic acids is 2. The van der Waals surface area contributed by atoms with Gasteiger partial charge in [0.05, 0.1) is 23.8 Å². The van der Waals surface area contributed by atoms with E-state index in [1.54, 1.807) is 41.3 Å². The normalized spacial score (nSPS) is 10.4. The second-order valence-electron chi connectivity index (χ2n) is 6.57. The Kier molecular flexibility index (Phi) is 8.99. The molecule has 0 saturated carbocycles. The second-order valence-corrected chi connectivity index (χ2v) is 6.98. The lowest BCUT2D eigenvalue weighted by molar-refractivity contribution is 0.0773. The van der Waals surface area contributed by atoms with Gasteiger partial charge in [-0.25, -0.2) is 0 Å². The number of amides is 2. The number of nitrogens with one attached hydrogen (secondary N) is 1. The molecule has 162 valence electrons. The van der Waals surface area contributed by atoms with Gasteiger partial charge in [-0.2, -0.15) is 0 Å². The fraction of sp³-hybridized carbons (Fsp3) is 0.391. The number of halogens is 1. The summed E-state index contributed by atoms with van der Waals surface area (Å²) in [6, 6.07) is 9.95. The minimum absolute atomic E-state index is 0.132. The molecule has 0 aliphatic heterocycles. The first kappa shape index (κ1) is 23.5. The third-order valence-corrected chi connectivity index (χ3v) is 4.79. The maximum Gasteiger partial charge on any atom is 0.255 e. The standard InChI is InChI=1S/C23H29ClN2O4/c1-5-13-30-20-12-9-16(14-21(20)29-8-4)22(27)25-17-10-11-18(19(24)15-17)23(28)26(6-2)7-3/h9-12,14-15H,5-8,13H2,1-4H3,(H,25,27). The molecule has 1 N–H and O–H groups in total. The molecule has 2 aromatic carbocycles. The number of benzene rings is 2. The average Bonchev–Trinajstić information content (AvgIpc) is 2.73. The van der Waals surface area contributed by atoms with E-state index in [-0.39, 0.29) is 11.8 Å². The zero-order valence-corrected chi connectivity index (χ0v) is 18.7. The summed E-state index contributed by atoms with van der Waals surface area (Å²) < 4.78 is 11.3. The predicted molar refractivity (Wildman–Crippen MR) is 120 cm³/mol. The van der Waals surface area contributed by atoms with Crippen molar-refractivity contribution in [1.29, 1.82) is 0 Å². The summed E-state index contributed by atoms with van der Waals surface area (Å²) in [7, 11) is 0.